The van der Waals surface area contributed by atoms with Gasteiger partial charge in [0.05, 0.1) is 0 Å². The molecule has 2 heteroatoms. The van der Waals surface area contributed by atoms with Gasteiger partial charge in [-0.15, -0.1) is 0 Å². The molecule has 0 aliphatic rings. The number of nitrogens with zero attached hydrogens (tertiary/aromatic N) is 1. The number of rotatable bonds is 5. The van der Waals surface area contributed by atoms with Gasteiger partial charge in [0.25, 0.3) is 0 Å². The lowest BCUT2D eigenvalue weighted by Crippen LogP contribution is -2.49. The van der Waals surface area contributed by atoms with Gasteiger partial charge in [0.15, 0.2) is 0 Å². The topological polar surface area (TPSA) is 15.3 Å². The molecule has 0 saturated heterocycles. The van der Waals surface area contributed by atoms with Crippen LogP contribution in [0.15, 0.2) is 0 Å². The molecular formula is C10H24N2. The van der Waals surface area contributed by atoms with Gasteiger partial charge in [-0.05, 0) is 33.9 Å². The molecule has 0 aromatic rings. The summed E-state index contributed by atoms with van der Waals surface area (Å²) in [6.45, 7) is 11.3. The Balaban J connectivity index is 3.96. The Labute approximate surface area is 77.3 Å². The zero-order chi connectivity index (χ0) is 9.78. The van der Waals surface area contributed by atoms with Crippen molar-refractivity contribution in [1.29, 1.82) is 0 Å². The Morgan fingerprint density at radius 1 is 1.33 bits per heavy atom. The van der Waals surface area contributed by atoms with Crippen LogP contribution < -0.4 is 5.32 Å². The van der Waals surface area contributed by atoms with Crippen LogP contribution in [-0.4, -0.2) is 37.6 Å². The smallest absolute Gasteiger partial charge is 0.0274 e. The third-order valence-corrected chi connectivity index (χ3v) is 2.28. The molecule has 1 N–H and O–H groups in total. The fourth-order valence-electron chi connectivity index (χ4n) is 1.36. The van der Waals surface area contributed by atoms with E-state index in [0.717, 1.165) is 19.0 Å². The van der Waals surface area contributed by atoms with Crippen LogP contribution >= 0.6 is 0 Å². The van der Waals surface area contributed by atoms with E-state index in [1.165, 1.54) is 0 Å². The minimum atomic E-state index is 0.263. The van der Waals surface area contributed by atoms with Crippen molar-refractivity contribution in [1.82, 2.24) is 10.2 Å². The third kappa shape index (κ3) is 4.07. The van der Waals surface area contributed by atoms with Crippen LogP contribution in [0.3, 0.4) is 0 Å². The summed E-state index contributed by atoms with van der Waals surface area (Å²) in [6, 6.07) is 0. The highest BCUT2D eigenvalue weighted by atomic mass is 15.2. The van der Waals surface area contributed by atoms with E-state index >= 15 is 0 Å². The molecular weight excluding hydrogens is 148 g/mol. The maximum Gasteiger partial charge on any atom is 0.0274 e. The maximum absolute atomic E-state index is 3.22. The highest BCUT2D eigenvalue weighted by Gasteiger charge is 2.22. The van der Waals surface area contributed by atoms with Gasteiger partial charge in [-0.1, -0.05) is 13.8 Å². The fraction of sp³-hybridized carbons (Fsp3) is 1.00. The molecule has 0 radical (unpaired) electrons. The van der Waals surface area contributed by atoms with Crippen molar-refractivity contribution in [3.05, 3.63) is 0 Å². The molecule has 0 heterocycles. The summed E-state index contributed by atoms with van der Waals surface area (Å²) in [7, 11) is 4.20. The lowest BCUT2D eigenvalue weighted by atomic mass is 10.0. The molecule has 0 spiro atoms. The van der Waals surface area contributed by atoms with E-state index in [4.69, 9.17) is 0 Å². The second kappa shape index (κ2) is 4.83. The Hall–Kier alpha value is -0.0800. The van der Waals surface area contributed by atoms with Crippen molar-refractivity contribution in [2.24, 2.45) is 5.92 Å². The van der Waals surface area contributed by atoms with E-state index in [9.17, 15) is 0 Å². The quantitative estimate of drug-likeness (QED) is 0.677. The minimum Gasteiger partial charge on any atom is -0.318 e. The Bertz CT molecular complexity index is 119. The maximum atomic E-state index is 3.22. The van der Waals surface area contributed by atoms with Gasteiger partial charge < -0.3 is 5.32 Å². The molecule has 0 atom stereocenters. The van der Waals surface area contributed by atoms with Crippen LogP contribution in [0.4, 0.5) is 0 Å². The molecule has 0 rings (SSSR count). The van der Waals surface area contributed by atoms with E-state index in [2.05, 4.69) is 45.0 Å². The first-order valence-electron chi connectivity index (χ1n) is 4.76. The average molecular weight is 172 g/mol. The highest BCUT2D eigenvalue weighted by molar-refractivity contribution is 4.81. The molecule has 0 bridgehead atoms. The lowest BCUT2D eigenvalue weighted by Gasteiger charge is -2.36. The lowest BCUT2D eigenvalue weighted by molar-refractivity contribution is 0.139. The van der Waals surface area contributed by atoms with Crippen LogP contribution in [-0.2, 0) is 0 Å². The summed E-state index contributed by atoms with van der Waals surface area (Å²) in [5.74, 6) is 0.742. The standard InChI is InChI=1S/C10H24N2/c1-9(2)7-12(6)10(3,4)8-11-5/h9,11H,7-8H2,1-6H3. The molecule has 0 fully saturated rings. The van der Waals surface area contributed by atoms with Gasteiger partial charge in [0.2, 0.25) is 0 Å². The monoisotopic (exact) mass is 172 g/mol. The van der Waals surface area contributed by atoms with Gasteiger partial charge >= 0.3 is 0 Å². The second-order valence-corrected chi connectivity index (χ2v) is 4.62. The summed E-state index contributed by atoms with van der Waals surface area (Å²) < 4.78 is 0. The van der Waals surface area contributed by atoms with E-state index < -0.39 is 0 Å². The van der Waals surface area contributed by atoms with Crippen molar-refractivity contribution in [3.63, 3.8) is 0 Å². The molecule has 0 aromatic heterocycles. The molecule has 74 valence electrons. The Morgan fingerprint density at radius 2 is 1.83 bits per heavy atom. The van der Waals surface area contributed by atoms with Crippen molar-refractivity contribution < 1.29 is 0 Å². The van der Waals surface area contributed by atoms with E-state index in [-0.39, 0.29) is 5.54 Å². The predicted octanol–water partition coefficient (Wildman–Crippen LogP) is 1.57. The van der Waals surface area contributed by atoms with Crippen LogP contribution in [0.1, 0.15) is 27.7 Å². The minimum absolute atomic E-state index is 0.263. The van der Waals surface area contributed by atoms with Gasteiger partial charge in [-0.3, -0.25) is 4.90 Å². The molecule has 0 unspecified atom stereocenters. The van der Waals surface area contributed by atoms with Gasteiger partial charge in [0, 0.05) is 18.6 Å². The molecule has 0 aromatic carbocycles. The number of hydrogen-bond acceptors (Lipinski definition) is 2. The SMILES string of the molecule is CNCC(C)(C)N(C)CC(C)C. The first kappa shape index (κ1) is 11.9. The van der Waals surface area contributed by atoms with Crippen molar-refractivity contribution in [2.45, 2.75) is 33.2 Å². The van der Waals surface area contributed by atoms with Crippen LogP contribution in [0, 0.1) is 5.92 Å². The Morgan fingerprint density at radius 3 is 2.17 bits per heavy atom. The van der Waals surface area contributed by atoms with Crippen LogP contribution in [0.2, 0.25) is 0 Å². The normalized spacial score (nSPS) is 13.0. The second-order valence-electron chi connectivity index (χ2n) is 4.62. The average Bonchev–Trinajstić information content (AvgIpc) is 1.85. The van der Waals surface area contributed by atoms with Crippen LogP contribution in [0.5, 0.6) is 0 Å². The molecule has 0 amide bonds. The first-order chi connectivity index (χ1) is 5.40. The molecule has 2 nitrogen and oxygen atoms in total. The Kier molecular flexibility index (Phi) is 4.80. The van der Waals surface area contributed by atoms with Gasteiger partial charge in [-0.2, -0.15) is 0 Å². The largest absolute Gasteiger partial charge is 0.318 e. The zero-order valence-corrected chi connectivity index (χ0v) is 9.44. The molecule has 0 aliphatic heterocycles. The van der Waals surface area contributed by atoms with Gasteiger partial charge in [0.1, 0.15) is 0 Å². The number of nitrogens with one attached hydrogen (secondary N) is 1. The summed E-state index contributed by atoms with van der Waals surface area (Å²) in [4.78, 5) is 2.41. The third-order valence-electron chi connectivity index (χ3n) is 2.28. The fourth-order valence-corrected chi connectivity index (χ4v) is 1.36. The van der Waals surface area contributed by atoms with Crippen molar-refractivity contribution in [3.8, 4) is 0 Å². The van der Waals surface area contributed by atoms with Crippen LogP contribution in [0.25, 0.3) is 0 Å². The van der Waals surface area contributed by atoms with Crippen molar-refractivity contribution in [2.75, 3.05) is 27.2 Å². The summed E-state index contributed by atoms with van der Waals surface area (Å²) in [5, 5.41) is 3.22. The summed E-state index contributed by atoms with van der Waals surface area (Å²) >= 11 is 0. The number of likely N-dealkylation sites (N-methyl/N-ethyl adjacent to an activating group) is 2. The highest BCUT2D eigenvalue weighted by Crippen LogP contribution is 2.12. The predicted molar refractivity (Wildman–Crippen MR) is 55.5 cm³/mol. The van der Waals surface area contributed by atoms with E-state index in [0.29, 0.717) is 0 Å². The van der Waals surface area contributed by atoms with E-state index in [1.807, 2.05) is 7.05 Å². The first-order valence-corrected chi connectivity index (χ1v) is 4.76. The molecule has 12 heavy (non-hydrogen) atoms. The summed E-state index contributed by atoms with van der Waals surface area (Å²) in [6.07, 6.45) is 0. The zero-order valence-electron chi connectivity index (χ0n) is 9.44. The van der Waals surface area contributed by atoms with Crippen molar-refractivity contribution >= 4 is 0 Å². The molecule has 0 aliphatic carbocycles. The summed E-state index contributed by atoms with van der Waals surface area (Å²) in [5.41, 5.74) is 0.263. The van der Waals surface area contributed by atoms with Gasteiger partial charge in [-0.25, -0.2) is 0 Å². The van der Waals surface area contributed by atoms with E-state index in [1.54, 1.807) is 0 Å². The molecule has 0 saturated carbocycles. The number of hydrogen-bond donors (Lipinski definition) is 1.